The van der Waals surface area contributed by atoms with Gasteiger partial charge in [-0.05, 0) is 49.2 Å². The van der Waals surface area contributed by atoms with Gasteiger partial charge in [-0.15, -0.1) is 0 Å². The Balaban J connectivity index is 1.77. The fraction of sp³-hybridized carbons (Fsp3) is 0.278. The second-order valence-electron chi connectivity index (χ2n) is 5.27. The van der Waals surface area contributed by atoms with E-state index in [1.807, 2.05) is 24.3 Å². The number of anilines is 1. The van der Waals surface area contributed by atoms with Crippen LogP contribution in [-0.2, 0) is 0 Å². The van der Waals surface area contributed by atoms with Crippen LogP contribution in [0.15, 0.2) is 36.4 Å². The summed E-state index contributed by atoms with van der Waals surface area (Å²) in [6.07, 6.45) is 1.61. The first-order chi connectivity index (χ1) is 12.0. The summed E-state index contributed by atoms with van der Waals surface area (Å²) in [5.41, 5.74) is 0.446. The molecule has 0 aromatic heterocycles. The minimum absolute atomic E-state index is 0.0620. The highest BCUT2D eigenvalue weighted by molar-refractivity contribution is 6.37. The fourth-order valence-corrected chi connectivity index (χ4v) is 2.78. The summed E-state index contributed by atoms with van der Waals surface area (Å²) >= 11 is 11.9. The molecule has 0 radical (unpaired) electrons. The second-order valence-corrected chi connectivity index (χ2v) is 6.12. The van der Waals surface area contributed by atoms with E-state index in [4.69, 9.17) is 32.7 Å². The summed E-state index contributed by atoms with van der Waals surface area (Å²) in [6.45, 7) is 1.14. The molecule has 0 unspecified atom stereocenters. The number of halogens is 2. The maximum atomic E-state index is 11.3. The number of methoxy groups -OCH3 is 1. The molecule has 0 bridgehead atoms. The number of benzene rings is 2. The average Bonchev–Trinajstić information content (AvgIpc) is 2.59. The van der Waals surface area contributed by atoms with Crippen LogP contribution in [0.3, 0.4) is 0 Å². The molecule has 2 aromatic carbocycles. The zero-order valence-corrected chi connectivity index (χ0v) is 15.2. The van der Waals surface area contributed by atoms with Crippen molar-refractivity contribution < 1.29 is 19.4 Å². The van der Waals surface area contributed by atoms with E-state index >= 15 is 0 Å². The first-order valence-electron chi connectivity index (χ1n) is 7.74. The van der Waals surface area contributed by atoms with E-state index < -0.39 is 5.97 Å². The number of carboxylic acids is 1. The molecule has 0 saturated heterocycles. The largest absolute Gasteiger partial charge is 0.497 e. The van der Waals surface area contributed by atoms with Crippen molar-refractivity contribution in [3.63, 3.8) is 0 Å². The monoisotopic (exact) mass is 383 g/mol. The van der Waals surface area contributed by atoms with Crippen LogP contribution < -0.4 is 14.8 Å². The first-order valence-corrected chi connectivity index (χ1v) is 8.50. The molecular weight excluding hydrogens is 365 g/mol. The molecule has 0 atom stereocenters. The fourth-order valence-electron chi connectivity index (χ4n) is 2.22. The van der Waals surface area contributed by atoms with E-state index in [-0.39, 0.29) is 5.56 Å². The number of aromatic carboxylic acids is 1. The standard InChI is InChI=1S/C18H19Cl2NO4/c1-24-13-4-6-14(7-5-13)25-9-3-2-8-21-17-15(18(22)23)10-12(19)11-16(17)20/h4-7,10-11,21H,2-3,8-9H2,1H3,(H,22,23). The molecule has 0 heterocycles. The predicted octanol–water partition coefficient (Wildman–Crippen LogP) is 4.97. The molecule has 0 spiro atoms. The van der Waals surface area contributed by atoms with Crippen LogP contribution >= 0.6 is 23.2 Å². The van der Waals surface area contributed by atoms with Crippen LogP contribution in [0.1, 0.15) is 23.2 Å². The molecular formula is C18H19Cl2NO4. The summed E-state index contributed by atoms with van der Waals surface area (Å²) in [4.78, 5) is 11.3. The van der Waals surface area contributed by atoms with Crippen molar-refractivity contribution in [2.45, 2.75) is 12.8 Å². The number of ether oxygens (including phenoxy) is 2. The van der Waals surface area contributed by atoms with Crippen LogP contribution in [0.25, 0.3) is 0 Å². The van der Waals surface area contributed by atoms with Crippen molar-refractivity contribution >= 4 is 34.9 Å². The van der Waals surface area contributed by atoms with E-state index in [2.05, 4.69) is 5.32 Å². The molecule has 0 fully saturated rings. The SMILES string of the molecule is COc1ccc(OCCCCNc2c(Cl)cc(Cl)cc2C(=O)O)cc1. The maximum absolute atomic E-state index is 11.3. The number of carbonyl (C=O) groups is 1. The van der Waals surface area contributed by atoms with Crippen LogP contribution in [-0.4, -0.2) is 31.3 Å². The maximum Gasteiger partial charge on any atom is 0.337 e. The topological polar surface area (TPSA) is 67.8 Å². The van der Waals surface area contributed by atoms with Crippen molar-refractivity contribution in [3.05, 3.63) is 52.0 Å². The summed E-state index contributed by atoms with van der Waals surface area (Å²) in [6, 6.07) is 10.3. The second kappa shape index (κ2) is 9.39. The van der Waals surface area contributed by atoms with Gasteiger partial charge in [0.25, 0.3) is 0 Å². The van der Waals surface area contributed by atoms with Gasteiger partial charge >= 0.3 is 5.97 Å². The van der Waals surface area contributed by atoms with Crippen LogP contribution in [0, 0.1) is 0 Å². The van der Waals surface area contributed by atoms with E-state index in [1.165, 1.54) is 12.1 Å². The zero-order chi connectivity index (χ0) is 18.2. The third kappa shape index (κ3) is 5.73. The third-order valence-electron chi connectivity index (χ3n) is 3.49. The molecule has 0 amide bonds. The number of nitrogens with one attached hydrogen (secondary N) is 1. The van der Waals surface area contributed by atoms with E-state index in [9.17, 15) is 9.90 Å². The Morgan fingerprint density at radius 2 is 1.80 bits per heavy atom. The highest BCUT2D eigenvalue weighted by Gasteiger charge is 2.14. The highest BCUT2D eigenvalue weighted by atomic mass is 35.5. The zero-order valence-electron chi connectivity index (χ0n) is 13.7. The van der Waals surface area contributed by atoms with Gasteiger partial charge in [-0.3, -0.25) is 0 Å². The number of hydrogen-bond acceptors (Lipinski definition) is 4. The van der Waals surface area contributed by atoms with Crippen molar-refractivity contribution in [2.75, 3.05) is 25.6 Å². The van der Waals surface area contributed by atoms with Gasteiger partial charge in [0.05, 0.1) is 30.0 Å². The van der Waals surface area contributed by atoms with Gasteiger partial charge in [-0.2, -0.15) is 0 Å². The smallest absolute Gasteiger partial charge is 0.337 e. The molecule has 0 saturated carbocycles. The minimum Gasteiger partial charge on any atom is -0.497 e. The van der Waals surface area contributed by atoms with Gasteiger partial charge in [0.15, 0.2) is 0 Å². The number of hydrogen-bond donors (Lipinski definition) is 2. The van der Waals surface area contributed by atoms with Gasteiger partial charge in [0.1, 0.15) is 11.5 Å². The van der Waals surface area contributed by atoms with Crippen LogP contribution in [0.2, 0.25) is 10.0 Å². The third-order valence-corrected chi connectivity index (χ3v) is 4.00. The Morgan fingerprint density at radius 3 is 2.44 bits per heavy atom. The van der Waals surface area contributed by atoms with E-state index in [1.54, 1.807) is 7.11 Å². The van der Waals surface area contributed by atoms with E-state index in [0.29, 0.717) is 28.9 Å². The lowest BCUT2D eigenvalue weighted by Gasteiger charge is -2.12. The average molecular weight is 384 g/mol. The first kappa shape index (κ1) is 19.2. The lowest BCUT2D eigenvalue weighted by molar-refractivity contribution is 0.0698. The van der Waals surface area contributed by atoms with Crippen molar-refractivity contribution in [1.29, 1.82) is 0 Å². The van der Waals surface area contributed by atoms with Crippen molar-refractivity contribution in [3.8, 4) is 11.5 Å². The molecule has 0 aliphatic heterocycles. The number of carboxylic acid groups (broad SMARTS) is 1. The van der Waals surface area contributed by atoms with E-state index in [0.717, 1.165) is 24.3 Å². The van der Waals surface area contributed by atoms with Gasteiger partial charge in [-0.1, -0.05) is 23.2 Å². The van der Waals surface area contributed by atoms with Gasteiger partial charge in [0.2, 0.25) is 0 Å². The summed E-state index contributed by atoms with van der Waals surface area (Å²) in [7, 11) is 1.62. The van der Waals surface area contributed by atoms with Crippen LogP contribution in [0.4, 0.5) is 5.69 Å². The van der Waals surface area contributed by atoms with Crippen molar-refractivity contribution in [2.24, 2.45) is 0 Å². The summed E-state index contributed by atoms with van der Waals surface area (Å²) in [5.74, 6) is 0.489. The minimum atomic E-state index is -1.07. The molecule has 25 heavy (non-hydrogen) atoms. The molecule has 5 nitrogen and oxygen atoms in total. The van der Waals surface area contributed by atoms with Crippen molar-refractivity contribution in [1.82, 2.24) is 0 Å². The Labute approximate surface area is 156 Å². The molecule has 0 aliphatic carbocycles. The number of rotatable bonds is 9. The van der Waals surface area contributed by atoms with Gasteiger partial charge in [0, 0.05) is 11.6 Å². The normalized spacial score (nSPS) is 10.4. The molecule has 7 heteroatoms. The summed E-state index contributed by atoms with van der Waals surface area (Å²) in [5, 5.41) is 12.9. The Kier molecular flexibility index (Phi) is 7.22. The van der Waals surface area contributed by atoms with Crippen LogP contribution in [0.5, 0.6) is 11.5 Å². The predicted molar refractivity (Wildman–Crippen MR) is 99.6 cm³/mol. The Morgan fingerprint density at radius 1 is 1.12 bits per heavy atom. The molecule has 2 aromatic rings. The van der Waals surface area contributed by atoms with Gasteiger partial charge < -0.3 is 19.9 Å². The molecule has 2 N–H and O–H groups in total. The Bertz CT molecular complexity index is 720. The lowest BCUT2D eigenvalue weighted by atomic mass is 10.1. The Hall–Kier alpha value is -2.11. The lowest BCUT2D eigenvalue weighted by Crippen LogP contribution is -2.09. The molecule has 134 valence electrons. The molecule has 2 rings (SSSR count). The quantitative estimate of drug-likeness (QED) is 0.598. The highest BCUT2D eigenvalue weighted by Crippen LogP contribution is 2.30. The molecule has 0 aliphatic rings. The summed E-state index contributed by atoms with van der Waals surface area (Å²) < 4.78 is 10.7. The number of unbranched alkanes of at least 4 members (excludes halogenated alkanes) is 1. The van der Waals surface area contributed by atoms with Gasteiger partial charge in [-0.25, -0.2) is 4.79 Å².